The topological polar surface area (TPSA) is 158 Å². The minimum Gasteiger partial charge on any atom is -0.480 e. The van der Waals surface area contributed by atoms with E-state index < -0.39 is 53.1 Å². The van der Waals surface area contributed by atoms with E-state index in [2.05, 4.69) is 5.32 Å². The van der Waals surface area contributed by atoms with Gasteiger partial charge in [-0.25, -0.2) is 0 Å². The summed E-state index contributed by atoms with van der Waals surface area (Å²) in [5, 5.41) is 11.3. The van der Waals surface area contributed by atoms with Gasteiger partial charge in [0.1, 0.15) is 29.9 Å². The van der Waals surface area contributed by atoms with E-state index in [-0.39, 0.29) is 26.2 Å². The van der Waals surface area contributed by atoms with Gasteiger partial charge in [0.15, 0.2) is 0 Å². The van der Waals surface area contributed by atoms with Gasteiger partial charge in [-0.15, -0.1) is 0 Å². The molecule has 14 heteroatoms. The van der Waals surface area contributed by atoms with Gasteiger partial charge >= 0.3 is 23.9 Å². The van der Waals surface area contributed by atoms with Crippen LogP contribution in [0.15, 0.2) is 12.4 Å². The second kappa shape index (κ2) is 17.2. The Morgan fingerprint density at radius 3 is 1.30 bits per heavy atom. The van der Waals surface area contributed by atoms with Gasteiger partial charge in [0.2, 0.25) is 5.91 Å². The summed E-state index contributed by atoms with van der Waals surface area (Å²) < 4.78 is 16.6. The van der Waals surface area contributed by atoms with Gasteiger partial charge in [0, 0.05) is 51.7 Å². The number of aliphatic carboxylic acids is 1. The molecule has 0 unspecified atom stereocenters. The Morgan fingerprint density at radius 2 is 0.932 bits per heavy atom. The zero-order valence-electron chi connectivity index (χ0n) is 27.9. The van der Waals surface area contributed by atoms with Crippen molar-refractivity contribution in [3.63, 3.8) is 0 Å². The first-order valence-corrected chi connectivity index (χ1v) is 14.9. The highest BCUT2D eigenvalue weighted by Crippen LogP contribution is 2.11. The third kappa shape index (κ3) is 19.7. The van der Waals surface area contributed by atoms with Gasteiger partial charge in [-0.05, 0) is 62.3 Å². The van der Waals surface area contributed by atoms with Crippen LogP contribution < -0.4 is 5.32 Å². The molecule has 0 radical (unpaired) electrons. The third-order valence-electron chi connectivity index (χ3n) is 5.71. The van der Waals surface area contributed by atoms with Crippen LogP contribution in [-0.4, -0.2) is 143 Å². The van der Waals surface area contributed by atoms with Crippen LogP contribution in [0.2, 0.25) is 0 Å². The van der Waals surface area contributed by atoms with Gasteiger partial charge in [-0.2, -0.15) is 0 Å². The average Bonchev–Trinajstić information content (AvgIpc) is 2.80. The molecule has 0 atom stereocenters. The minimum atomic E-state index is -1.16. The molecule has 1 aliphatic heterocycles. The molecule has 0 saturated carbocycles. The van der Waals surface area contributed by atoms with Crippen LogP contribution >= 0.6 is 0 Å². The Balaban J connectivity index is 3.29. The van der Waals surface area contributed by atoms with E-state index in [1.807, 2.05) is 9.80 Å². The van der Waals surface area contributed by atoms with Gasteiger partial charge in [0.25, 0.3) is 0 Å². The molecule has 14 nitrogen and oxygen atoms in total. The van der Waals surface area contributed by atoms with E-state index in [1.165, 1.54) is 0 Å². The van der Waals surface area contributed by atoms with Crippen LogP contribution in [-0.2, 0) is 38.2 Å². The van der Waals surface area contributed by atoms with Crippen LogP contribution in [0.4, 0.5) is 0 Å². The molecule has 252 valence electrons. The summed E-state index contributed by atoms with van der Waals surface area (Å²) in [6.45, 7) is 17.5. The molecule has 0 bridgehead atoms. The van der Waals surface area contributed by atoms with Crippen molar-refractivity contribution < 1.29 is 43.3 Å². The Hall–Kier alpha value is -3.39. The summed E-state index contributed by atoms with van der Waals surface area (Å²) in [6, 6.07) is 0. The summed E-state index contributed by atoms with van der Waals surface area (Å²) in [4.78, 5) is 68.8. The number of hydrogen-bond donors (Lipinski definition) is 2. The van der Waals surface area contributed by atoms with E-state index in [0.717, 1.165) is 0 Å². The number of rotatable bonds is 10. The largest absolute Gasteiger partial charge is 0.480 e. The number of ether oxygens (including phenoxy) is 3. The van der Waals surface area contributed by atoms with Crippen molar-refractivity contribution in [3.8, 4) is 0 Å². The predicted molar refractivity (Wildman–Crippen MR) is 163 cm³/mol. The number of nitrogens with one attached hydrogen (secondary N) is 1. The summed E-state index contributed by atoms with van der Waals surface area (Å²) in [6.07, 6.45) is 3.32. The molecule has 0 aromatic rings. The van der Waals surface area contributed by atoms with E-state index in [0.29, 0.717) is 39.3 Å². The molecule has 0 aromatic heterocycles. The van der Waals surface area contributed by atoms with Gasteiger partial charge in [-0.3, -0.25) is 33.8 Å². The van der Waals surface area contributed by atoms with Crippen molar-refractivity contribution in [3.05, 3.63) is 12.4 Å². The molecular weight excluding hydrogens is 574 g/mol. The number of amides is 1. The number of nitrogens with zero attached hydrogens (tertiary/aromatic N) is 4. The van der Waals surface area contributed by atoms with E-state index in [1.54, 1.807) is 84.5 Å². The molecular formula is C30H53N5O9. The number of carboxylic acids is 1. The quantitative estimate of drug-likeness (QED) is 0.260. The molecule has 44 heavy (non-hydrogen) atoms. The lowest BCUT2D eigenvalue weighted by molar-refractivity contribution is -0.158. The van der Waals surface area contributed by atoms with Crippen LogP contribution in [0, 0.1) is 0 Å². The smallest absolute Gasteiger partial charge is 0.326 e. The average molecular weight is 628 g/mol. The SMILES string of the molecule is CC(C)(C)OC(=O)CN1/C=C\N(CC(=O)NCC(=O)O)CCN(CC(=O)OC(C)(C)C)CCN(CC(=O)OC(C)(C)C)CC1. The Kier molecular flexibility index (Phi) is 15.1. The lowest BCUT2D eigenvalue weighted by atomic mass is 10.2. The van der Waals surface area contributed by atoms with Gasteiger partial charge in [0.05, 0.1) is 19.6 Å². The number of hydrogen-bond acceptors (Lipinski definition) is 12. The van der Waals surface area contributed by atoms with E-state index >= 15 is 0 Å². The summed E-state index contributed by atoms with van der Waals surface area (Å²) in [5.74, 6) is -2.90. The van der Waals surface area contributed by atoms with Crippen molar-refractivity contribution in [2.45, 2.75) is 79.1 Å². The van der Waals surface area contributed by atoms with Crippen LogP contribution in [0.25, 0.3) is 0 Å². The second-order valence-corrected chi connectivity index (χ2v) is 13.7. The standard InChI is InChI=1S/C30H53N5O9/c1-28(2,3)42-25(39)20-33-12-10-32(19-23(36)31-18-24(37)38)11-13-34(21-26(40)43-29(4,5)6)15-17-35(16-14-33)22-27(41)44-30(7,8)9/h10,12H,11,13-22H2,1-9H3,(H,31,36)(H,37,38)/b12-10-. The molecule has 0 spiro atoms. The van der Waals surface area contributed by atoms with Crippen LogP contribution in [0.1, 0.15) is 62.3 Å². The first kappa shape index (κ1) is 38.6. The lowest BCUT2D eigenvalue weighted by Gasteiger charge is -2.33. The molecule has 0 saturated heterocycles. The van der Waals surface area contributed by atoms with Crippen LogP contribution in [0.5, 0.6) is 0 Å². The third-order valence-corrected chi connectivity index (χ3v) is 5.71. The van der Waals surface area contributed by atoms with Crippen molar-refractivity contribution >= 4 is 29.8 Å². The Labute approximate surface area is 261 Å². The fourth-order valence-corrected chi connectivity index (χ4v) is 4.03. The van der Waals surface area contributed by atoms with Crippen LogP contribution in [0.3, 0.4) is 0 Å². The molecule has 2 N–H and O–H groups in total. The lowest BCUT2D eigenvalue weighted by Crippen LogP contribution is -2.47. The van der Waals surface area contributed by atoms with Gasteiger partial charge < -0.3 is 34.4 Å². The molecule has 1 aliphatic rings. The van der Waals surface area contributed by atoms with Crippen molar-refractivity contribution in [1.82, 2.24) is 24.9 Å². The fraction of sp³-hybridized carbons (Fsp3) is 0.767. The molecule has 1 heterocycles. The van der Waals surface area contributed by atoms with E-state index in [4.69, 9.17) is 19.3 Å². The molecule has 0 fully saturated rings. The van der Waals surface area contributed by atoms with Gasteiger partial charge in [-0.1, -0.05) is 0 Å². The zero-order valence-corrected chi connectivity index (χ0v) is 27.9. The van der Waals surface area contributed by atoms with Crippen molar-refractivity contribution in [2.24, 2.45) is 0 Å². The number of carboxylic acid groups (broad SMARTS) is 1. The fourth-order valence-electron chi connectivity index (χ4n) is 4.03. The first-order chi connectivity index (χ1) is 20.1. The highest BCUT2D eigenvalue weighted by Gasteiger charge is 2.24. The predicted octanol–water partition coefficient (Wildman–Crippen LogP) is 0.905. The number of carbonyl (C=O) groups excluding carboxylic acids is 4. The van der Waals surface area contributed by atoms with Crippen molar-refractivity contribution in [2.75, 3.05) is 72.0 Å². The summed E-state index contributed by atoms with van der Waals surface area (Å²) >= 11 is 0. The summed E-state index contributed by atoms with van der Waals surface area (Å²) in [5.41, 5.74) is -2.00. The monoisotopic (exact) mass is 627 g/mol. The highest BCUT2D eigenvalue weighted by molar-refractivity contribution is 5.82. The Bertz CT molecular complexity index is 1010. The molecule has 0 aliphatic carbocycles. The maximum absolute atomic E-state index is 12.7. The Morgan fingerprint density at radius 1 is 0.591 bits per heavy atom. The van der Waals surface area contributed by atoms with E-state index in [9.17, 15) is 24.0 Å². The minimum absolute atomic E-state index is 0.00885. The molecule has 1 rings (SSSR count). The first-order valence-electron chi connectivity index (χ1n) is 14.9. The highest BCUT2D eigenvalue weighted by atomic mass is 16.6. The zero-order chi connectivity index (χ0) is 33.7. The maximum atomic E-state index is 12.7. The van der Waals surface area contributed by atoms with Crippen molar-refractivity contribution in [1.29, 1.82) is 0 Å². The maximum Gasteiger partial charge on any atom is 0.326 e. The number of esters is 3. The number of carbonyl (C=O) groups is 5. The summed E-state index contributed by atoms with van der Waals surface area (Å²) in [7, 11) is 0. The normalized spacial score (nSPS) is 17.1. The molecule has 1 amide bonds. The second-order valence-electron chi connectivity index (χ2n) is 13.7. The molecule has 0 aromatic carbocycles.